The number of phenols is 1. The summed E-state index contributed by atoms with van der Waals surface area (Å²) in [5.74, 6) is -0.508. The molecule has 0 spiro atoms. The lowest BCUT2D eigenvalue weighted by Crippen LogP contribution is -2.46. The second-order valence-corrected chi connectivity index (χ2v) is 7.83. The van der Waals surface area contributed by atoms with Gasteiger partial charge in [-0.2, -0.15) is 0 Å². The number of benzene rings is 1. The largest absolute Gasteiger partial charge is 0.508 e. The van der Waals surface area contributed by atoms with Crippen molar-refractivity contribution in [1.29, 1.82) is 0 Å². The molecule has 142 valence electrons. The average molecular weight is 366 g/mol. The molecular weight excluding hydrogens is 340 g/mol. The van der Waals surface area contributed by atoms with Crippen LogP contribution >= 0.6 is 0 Å². The number of likely N-dealkylation sites (tertiary alicyclic amines) is 1. The van der Waals surface area contributed by atoms with Crippen LogP contribution in [0.5, 0.6) is 5.75 Å². The van der Waals surface area contributed by atoms with Gasteiger partial charge in [0.2, 0.25) is 5.91 Å². The molecule has 0 bridgehead atoms. The van der Waals surface area contributed by atoms with E-state index in [1.807, 2.05) is 17.9 Å². The number of aliphatic imine (C=N–C) groups is 1. The van der Waals surface area contributed by atoms with Crippen LogP contribution in [0.4, 0.5) is 0 Å². The molecule has 4 rings (SSSR count). The molecule has 1 saturated heterocycles. The number of aromatic hydroxyl groups is 1. The summed E-state index contributed by atoms with van der Waals surface area (Å²) >= 11 is 0. The minimum Gasteiger partial charge on any atom is -0.508 e. The van der Waals surface area contributed by atoms with Gasteiger partial charge < -0.3 is 10.0 Å². The molecule has 5 heteroatoms. The number of hydrogen-bond donors (Lipinski definition) is 1. The number of carbonyl (C=O) groups is 2. The first-order valence-electron chi connectivity index (χ1n) is 9.95. The van der Waals surface area contributed by atoms with Gasteiger partial charge in [-0.15, -0.1) is 0 Å². The van der Waals surface area contributed by atoms with Crippen LogP contribution in [0.25, 0.3) is 0 Å². The predicted octanol–water partition coefficient (Wildman–Crippen LogP) is 3.59. The van der Waals surface area contributed by atoms with Gasteiger partial charge in [0.1, 0.15) is 5.75 Å². The van der Waals surface area contributed by atoms with E-state index in [2.05, 4.69) is 0 Å². The molecule has 1 fully saturated rings. The van der Waals surface area contributed by atoms with Crippen LogP contribution in [0.2, 0.25) is 0 Å². The molecule has 1 aromatic carbocycles. The molecule has 1 aromatic rings. The highest BCUT2D eigenvalue weighted by Crippen LogP contribution is 2.44. The zero-order valence-electron chi connectivity index (χ0n) is 15.8. The van der Waals surface area contributed by atoms with E-state index < -0.39 is 5.92 Å². The minimum atomic E-state index is -0.467. The third-order valence-corrected chi connectivity index (χ3v) is 6.00. The van der Waals surface area contributed by atoms with Crippen molar-refractivity contribution in [1.82, 2.24) is 4.90 Å². The Morgan fingerprint density at radius 1 is 1.15 bits per heavy atom. The van der Waals surface area contributed by atoms with Gasteiger partial charge in [-0.3, -0.25) is 14.6 Å². The normalized spacial score (nSPS) is 25.9. The zero-order chi connectivity index (χ0) is 19.0. The fourth-order valence-corrected chi connectivity index (χ4v) is 4.72. The van der Waals surface area contributed by atoms with Crippen molar-refractivity contribution in [3.8, 4) is 5.75 Å². The van der Waals surface area contributed by atoms with E-state index >= 15 is 0 Å². The molecule has 1 unspecified atom stereocenters. The Bertz CT molecular complexity index is 834. The third kappa shape index (κ3) is 3.31. The monoisotopic (exact) mass is 366 g/mol. The van der Waals surface area contributed by atoms with E-state index in [0.29, 0.717) is 12.0 Å². The molecule has 0 aromatic heterocycles. The Labute approximate surface area is 159 Å². The van der Waals surface area contributed by atoms with E-state index in [1.165, 1.54) is 0 Å². The molecular formula is C22H26N2O3. The van der Waals surface area contributed by atoms with Crippen LogP contribution in [0, 0.1) is 5.92 Å². The molecule has 3 aliphatic rings. The number of rotatable bonds is 2. The highest BCUT2D eigenvalue weighted by Gasteiger charge is 2.43. The van der Waals surface area contributed by atoms with Gasteiger partial charge in [-0.05, 0) is 56.7 Å². The highest BCUT2D eigenvalue weighted by molar-refractivity contribution is 6.10. The fraction of sp³-hybridized carbons (Fsp3) is 0.500. The van der Waals surface area contributed by atoms with Crippen molar-refractivity contribution >= 4 is 17.4 Å². The van der Waals surface area contributed by atoms with Crippen molar-refractivity contribution in [2.45, 2.75) is 51.4 Å². The second kappa shape index (κ2) is 7.29. The number of piperidine rings is 1. The zero-order valence-corrected chi connectivity index (χ0v) is 15.8. The van der Waals surface area contributed by atoms with Crippen molar-refractivity contribution in [3.05, 3.63) is 41.1 Å². The van der Waals surface area contributed by atoms with Gasteiger partial charge in [0.15, 0.2) is 5.78 Å². The van der Waals surface area contributed by atoms with Gasteiger partial charge in [0.05, 0.1) is 5.92 Å². The van der Waals surface area contributed by atoms with E-state index in [1.54, 1.807) is 18.2 Å². The van der Waals surface area contributed by atoms with Crippen molar-refractivity contribution in [2.75, 3.05) is 13.1 Å². The number of allylic oxidation sites excluding steroid dienone is 2. The summed E-state index contributed by atoms with van der Waals surface area (Å²) in [4.78, 5) is 32.9. The molecule has 5 nitrogen and oxygen atoms in total. The standard InChI is InChI=1S/C22H26N2O3/c1-14-19(22(27)24-11-3-2-4-12-24)20(15-7-5-8-16(25)13-15)21-17(23-14)9-6-10-18(21)26/h5,7-8,13,19-20,25H,2-4,6,9-12H2,1H3/t19?,20-/m1/s1. The summed E-state index contributed by atoms with van der Waals surface area (Å²) in [6, 6.07) is 6.99. The molecule has 2 heterocycles. The maximum Gasteiger partial charge on any atom is 0.232 e. The van der Waals surface area contributed by atoms with Gasteiger partial charge in [0, 0.05) is 42.4 Å². The van der Waals surface area contributed by atoms with Crippen molar-refractivity contribution < 1.29 is 14.7 Å². The first-order valence-corrected chi connectivity index (χ1v) is 9.95. The van der Waals surface area contributed by atoms with Crippen LogP contribution in [0.3, 0.4) is 0 Å². The molecule has 1 amide bonds. The Balaban J connectivity index is 1.81. The van der Waals surface area contributed by atoms with Crippen LogP contribution in [0.1, 0.15) is 56.9 Å². The second-order valence-electron chi connectivity index (χ2n) is 7.83. The quantitative estimate of drug-likeness (QED) is 0.870. The first-order chi connectivity index (χ1) is 13.1. The lowest BCUT2D eigenvalue weighted by molar-refractivity contribution is -0.134. The van der Waals surface area contributed by atoms with E-state index in [0.717, 1.165) is 62.2 Å². The van der Waals surface area contributed by atoms with E-state index in [4.69, 9.17) is 4.99 Å². The summed E-state index contributed by atoms with van der Waals surface area (Å²) in [7, 11) is 0. The summed E-state index contributed by atoms with van der Waals surface area (Å²) < 4.78 is 0. The van der Waals surface area contributed by atoms with Crippen LogP contribution in [0.15, 0.2) is 40.5 Å². The van der Waals surface area contributed by atoms with Crippen LogP contribution in [-0.4, -0.2) is 40.5 Å². The van der Waals surface area contributed by atoms with Gasteiger partial charge in [0.25, 0.3) is 0 Å². The summed E-state index contributed by atoms with van der Waals surface area (Å²) in [5, 5.41) is 10.0. The van der Waals surface area contributed by atoms with Crippen molar-refractivity contribution in [2.24, 2.45) is 10.9 Å². The van der Waals surface area contributed by atoms with Gasteiger partial charge in [-0.1, -0.05) is 12.1 Å². The number of ketones is 1. The van der Waals surface area contributed by atoms with Gasteiger partial charge >= 0.3 is 0 Å². The van der Waals surface area contributed by atoms with Crippen LogP contribution in [-0.2, 0) is 9.59 Å². The number of phenolic OH excluding ortho intramolecular Hbond substituents is 1. The number of hydrogen-bond acceptors (Lipinski definition) is 4. The third-order valence-electron chi connectivity index (χ3n) is 6.00. The lowest BCUT2D eigenvalue weighted by atomic mass is 9.71. The molecule has 0 radical (unpaired) electrons. The Morgan fingerprint density at radius 3 is 2.67 bits per heavy atom. The predicted molar refractivity (Wildman–Crippen MR) is 104 cm³/mol. The summed E-state index contributed by atoms with van der Waals surface area (Å²) in [6.07, 6.45) is 5.31. The molecule has 0 saturated carbocycles. The molecule has 1 N–H and O–H groups in total. The number of carbonyl (C=O) groups excluding carboxylic acids is 2. The maximum absolute atomic E-state index is 13.5. The Morgan fingerprint density at radius 2 is 1.93 bits per heavy atom. The SMILES string of the molecule is CC1=NC2=C(C(=O)CCC2)[C@H](c2cccc(O)c2)C1C(=O)N1CCCCC1. The minimum absolute atomic E-state index is 0.0641. The Hall–Kier alpha value is -2.43. The van der Waals surface area contributed by atoms with E-state index in [9.17, 15) is 14.7 Å². The smallest absolute Gasteiger partial charge is 0.232 e. The maximum atomic E-state index is 13.5. The summed E-state index contributed by atoms with van der Waals surface area (Å²) in [5.41, 5.74) is 3.13. The van der Waals surface area contributed by atoms with E-state index in [-0.39, 0.29) is 23.4 Å². The number of amides is 1. The topological polar surface area (TPSA) is 70.0 Å². The molecule has 1 aliphatic carbocycles. The molecule has 2 aliphatic heterocycles. The van der Waals surface area contributed by atoms with Crippen LogP contribution < -0.4 is 0 Å². The number of nitrogens with zero attached hydrogens (tertiary/aromatic N) is 2. The molecule has 27 heavy (non-hydrogen) atoms. The first kappa shape index (κ1) is 18.0. The molecule has 2 atom stereocenters. The van der Waals surface area contributed by atoms with Gasteiger partial charge in [-0.25, -0.2) is 0 Å². The number of Topliss-reactive ketones (excluding diaryl/α,β-unsaturated/α-hetero) is 1. The fourth-order valence-electron chi connectivity index (χ4n) is 4.72. The summed E-state index contributed by atoms with van der Waals surface area (Å²) in [6.45, 7) is 3.45. The highest BCUT2D eigenvalue weighted by atomic mass is 16.3. The van der Waals surface area contributed by atoms with Crippen molar-refractivity contribution in [3.63, 3.8) is 0 Å². The average Bonchev–Trinajstić information content (AvgIpc) is 2.67. The Kier molecular flexibility index (Phi) is 4.85. The lowest BCUT2D eigenvalue weighted by Gasteiger charge is -2.38.